The average molecular weight is 226 g/mol. The van der Waals surface area contributed by atoms with Gasteiger partial charge in [-0.2, -0.15) is 0 Å². The lowest BCUT2D eigenvalue weighted by atomic mass is 9.77. The van der Waals surface area contributed by atoms with E-state index in [2.05, 4.69) is 13.8 Å². The van der Waals surface area contributed by atoms with E-state index in [9.17, 15) is 4.79 Å². The van der Waals surface area contributed by atoms with Crippen molar-refractivity contribution in [1.82, 2.24) is 4.90 Å². The Kier molecular flexibility index (Phi) is 5.26. The van der Waals surface area contributed by atoms with Crippen molar-refractivity contribution in [3.8, 4) is 0 Å². The van der Waals surface area contributed by atoms with Crippen LogP contribution in [0.15, 0.2) is 0 Å². The molecule has 0 spiro atoms. The van der Waals surface area contributed by atoms with Crippen LogP contribution < -0.4 is 5.73 Å². The fraction of sp³-hybridized carbons (Fsp3) is 0.923. The summed E-state index contributed by atoms with van der Waals surface area (Å²) in [5, 5.41) is 0. The summed E-state index contributed by atoms with van der Waals surface area (Å²) >= 11 is 0. The Labute approximate surface area is 99.4 Å². The number of amides is 1. The Morgan fingerprint density at radius 3 is 2.62 bits per heavy atom. The van der Waals surface area contributed by atoms with Gasteiger partial charge >= 0.3 is 0 Å². The van der Waals surface area contributed by atoms with Gasteiger partial charge < -0.3 is 10.6 Å². The molecule has 3 unspecified atom stereocenters. The SMILES string of the molecule is CCCN(CC)C(=O)C1CCCC(C)C1N. The number of hydrogen-bond acceptors (Lipinski definition) is 2. The lowest BCUT2D eigenvalue weighted by molar-refractivity contribution is -0.137. The second kappa shape index (κ2) is 6.24. The molecule has 3 heteroatoms. The number of hydrogen-bond donors (Lipinski definition) is 1. The van der Waals surface area contributed by atoms with Crippen molar-refractivity contribution in [3.63, 3.8) is 0 Å². The van der Waals surface area contributed by atoms with Crippen molar-refractivity contribution in [2.24, 2.45) is 17.6 Å². The number of nitrogens with zero attached hydrogens (tertiary/aromatic N) is 1. The molecular weight excluding hydrogens is 200 g/mol. The third kappa shape index (κ3) is 2.97. The van der Waals surface area contributed by atoms with Crippen LogP contribution >= 0.6 is 0 Å². The minimum atomic E-state index is 0.0622. The summed E-state index contributed by atoms with van der Waals surface area (Å²) in [7, 11) is 0. The van der Waals surface area contributed by atoms with Crippen LogP contribution in [0.4, 0.5) is 0 Å². The molecule has 1 aliphatic rings. The van der Waals surface area contributed by atoms with Gasteiger partial charge in [0.05, 0.1) is 5.92 Å². The van der Waals surface area contributed by atoms with E-state index in [1.807, 2.05) is 11.8 Å². The largest absolute Gasteiger partial charge is 0.343 e. The smallest absolute Gasteiger partial charge is 0.227 e. The van der Waals surface area contributed by atoms with E-state index in [0.29, 0.717) is 5.92 Å². The zero-order valence-corrected chi connectivity index (χ0v) is 10.9. The van der Waals surface area contributed by atoms with Crippen LogP contribution in [-0.4, -0.2) is 29.9 Å². The maximum absolute atomic E-state index is 12.3. The van der Waals surface area contributed by atoms with Crippen LogP contribution in [0.5, 0.6) is 0 Å². The zero-order chi connectivity index (χ0) is 12.1. The van der Waals surface area contributed by atoms with Crippen LogP contribution in [0.3, 0.4) is 0 Å². The molecule has 0 heterocycles. The van der Waals surface area contributed by atoms with Gasteiger partial charge in [-0.05, 0) is 32.1 Å². The van der Waals surface area contributed by atoms with Gasteiger partial charge in [-0.25, -0.2) is 0 Å². The maximum Gasteiger partial charge on any atom is 0.227 e. The Morgan fingerprint density at radius 1 is 1.38 bits per heavy atom. The summed E-state index contributed by atoms with van der Waals surface area (Å²) in [5.74, 6) is 0.835. The summed E-state index contributed by atoms with van der Waals surface area (Å²) in [4.78, 5) is 14.3. The normalized spacial score (nSPS) is 30.1. The Hall–Kier alpha value is -0.570. The highest BCUT2D eigenvalue weighted by Crippen LogP contribution is 2.29. The van der Waals surface area contributed by atoms with Crippen molar-refractivity contribution in [2.75, 3.05) is 13.1 Å². The number of carbonyl (C=O) groups is 1. The monoisotopic (exact) mass is 226 g/mol. The van der Waals surface area contributed by atoms with Gasteiger partial charge in [-0.1, -0.05) is 20.3 Å². The highest BCUT2D eigenvalue weighted by molar-refractivity contribution is 5.79. The molecule has 3 nitrogen and oxygen atoms in total. The molecule has 0 saturated heterocycles. The molecule has 16 heavy (non-hydrogen) atoms. The highest BCUT2D eigenvalue weighted by atomic mass is 16.2. The van der Waals surface area contributed by atoms with Gasteiger partial charge in [0, 0.05) is 19.1 Å². The summed E-state index contributed by atoms with van der Waals surface area (Å²) in [6, 6.07) is 0.0622. The van der Waals surface area contributed by atoms with Gasteiger partial charge in [-0.3, -0.25) is 4.79 Å². The summed E-state index contributed by atoms with van der Waals surface area (Å²) in [5.41, 5.74) is 6.16. The minimum Gasteiger partial charge on any atom is -0.343 e. The number of carbonyl (C=O) groups excluding carboxylic acids is 1. The topological polar surface area (TPSA) is 46.3 Å². The molecule has 0 aromatic carbocycles. The summed E-state index contributed by atoms with van der Waals surface area (Å²) in [6.07, 6.45) is 4.32. The molecule has 94 valence electrons. The maximum atomic E-state index is 12.3. The molecule has 1 saturated carbocycles. The number of rotatable bonds is 4. The van der Waals surface area contributed by atoms with Gasteiger partial charge in [0.25, 0.3) is 0 Å². The fourth-order valence-corrected chi connectivity index (χ4v) is 2.66. The Balaban J connectivity index is 2.63. The molecule has 0 bridgehead atoms. The first-order chi connectivity index (χ1) is 7.61. The fourth-order valence-electron chi connectivity index (χ4n) is 2.66. The molecule has 0 aromatic rings. The van der Waals surface area contributed by atoms with E-state index in [0.717, 1.165) is 32.4 Å². The second-order valence-corrected chi connectivity index (χ2v) is 5.01. The van der Waals surface area contributed by atoms with Crippen LogP contribution in [0.2, 0.25) is 0 Å². The Morgan fingerprint density at radius 2 is 2.06 bits per heavy atom. The molecule has 0 aromatic heterocycles. The first kappa shape index (κ1) is 13.5. The van der Waals surface area contributed by atoms with Crippen LogP contribution in [0.1, 0.15) is 46.5 Å². The molecule has 1 amide bonds. The van der Waals surface area contributed by atoms with Gasteiger partial charge in [0.2, 0.25) is 5.91 Å². The van der Waals surface area contributed by atoms with Gasteiger partial charge in [0.1, 0.15) is 0 Å². The van der Waals surface area contributed by atoms with Crippen LogP contribution in [0, 0.1) is 11.8 Å². The average Bonchev–Trinajstić information content (AvgIpc) is 2.29. The quantitative estimate of drug-likeness (QED) is 0.797. The minimum absolute atomic E-state index is 0.0622. The van der Waals surface area contributed by atoms with Crippen molar-refractivity contribution >= 4 is 5.91 Å². The molecule has 2 N–H and O–H groups in total. The van der Waals surface area contributed by atoms with Crippen molar-refractivity contribution in [1.29, 1.82) is 0 Å². The van der Waals surface area contributed by atoms with E-state index in [4.69, 9.17) is 5.73 Å². The molecule has 1 fully saturated rings. The lowest BCUT2D eigenvalue weighted by Gasteiger charge is -2.36. The van der Waals surface area contributed by atoms with Crippen molar-refractivity contribution < 1.29 is 4.79 Å². The van der Waals surface area contributed by atoms with Gasteiger partial charge in [0.15, 0.2) is 0 Å². The van der Waals surface area contributed by atoms with E-state index >= 15 is 0 Å². The first-order valence-corrected chi connectivity index (χ1v) is 6.66. The van der Waals surface area contributed by atoms with E-state index in [-0.39, 0.29) is 17.9 Å². The van der Waals surface area contributed by atoms with Gasteiger partial charge in [-0.15, -0.1) is 0 Å². The summed E-state index contributed by atoms with van der Waals surface area (Å²) < 4.78 is 0. The van der Waals surface area contributed by atoms with Crippen molar-refractivity contribution in [2.45, 2.75) is 52.5 Å². The Bertz CT molecular complexity index is 230. The van der Waals surface area contributed by atoms with E-state index in [1.54, 1.807) is 0 Å². The molecule has 1 aliphatic carbocycles. The molecule has 0 radical (unpaired) electrons. The van der Waals surface area contributed by atoms with E-state index in [1.165, 1.54) is 6.42 Å². The lowest BCUT2D eigenvalue weighted by Crippen LogP contribution is -2.49. The van der Waals surface area contributed by atoms with Crippen LogP contribution in [0.25, 0.3) is 0 Å². The predicted molar refractivity (Wildman–Crippen MR) is 67.0 cm³/mol. The summed E-state index contributed by atoms with van der Waals surface area (Å²) in [6.45, 7) is 8.00. The standard InChI is InChI=1S/C13H26N2O/c1-4-9-15(5-2)13(16)11-8-6-7-10(3)12(11)14/h10-12H,4-9,14H2,1-3H3. The molecule has 3 atom stereocenters. The third-order valence-electron chi connectivity index (χ3n) is 3.80. The zero-order valence-electron chi connectivity index (χ0n) is 10.9. The molecular formula is C13H26N2O. The first-order valence-electron chi connectivity index (χ1n) is 6.66. The molecule has 0 aliphatic heterocycles. The highest BCUT2D eigenvalue weighted by Gasteiger charge is 2.34. The van der Waals surface area contributed by atoms with E-state index < -0.39 is 0 Å². The number of nitrogens with two attached hydrogens (primary N) is 1. The third-order valence-corrected chi connectivity index (χ3v) is 3.80. The predicted octanol–water partition coefficient (Wildman–Crippen LogP) is 2.01. The second-order valence-electron chi connectivity index (χ2n) is 5.01. The van der Waals surface area contributed by atoms with Crippen molar-refractivity contribution in [3.05, 3.63) is 0 Å². The van der Waals surface area contributed by atoms with Crippen LogP contribution in [-0.2, 0) is 4.79 Å². The molecule has 1 rings (SSSR count).